The topological polar surface area (TPSA) is 49.8 Å². The lowest BCUT2D eigenvalue weighted by Crippen LogP contribution is -2.26. The second-order valence-electron chi connectivity index (χ2n) is 6.53. The zero-order valence-electron chi connectivity index (χ0n) is 15.7. The largest absolute Gasteiger partial charge is 0.511 e. The van der Waals surface area contributed by atoms with Crippen LogP contribution in [-0.2, 0) is 17.7 Å². The number of nitrogens with zero attached hydrogens (tertiary/aromatic N) is 1. The van der Waals surface area contributed by atoms with Crippen molar-refractivity contribution in [1.82, 2.24) is 4.90 Å². The van der Waals surface area contributed by atoms with Gasteiger partial charge in [0.25, 0.3) is 0 Å². The summed E-state index contributed by atoms with van der Waals surface area (Å²) in [5, 5.41) is 9.78. The van der Waals surface area contributed by atoms with Crippen molar-refractivity contribution in [2.24, 2.45) is 0 Å². The number of carboxylic acid groups (broad SMARTS) is 1. The molecule has 0 bridgehead atoms. The molecular weight excluding hydrogens is 396 g/mol. The lowest BCUT2D eigenvalue weighted by molar-refractivity contribution is 0.119. The first-order valence-corrected chi connectivity index (χ1v) is 10.2. The van der Waals surface area contributed by atoms with Crippen LogP contribution in [0.15, 0.2) is 71.5 Å². The maximum absolute atomic E-state index is 13.2. The van der Waals surface area contributed by atoms with Crippen molar-refractivity contribution in [3.63, 3.8) is 0 Å². The molecule has 0 saturated heterocycles. The van der Waals surface area contributed by atoms with Crippen LogP contribution in [0.5, 0.6) is 0 Å². The van der Waals surface area contributed by atoms with Crippen LogP contribution in [-0.4, -0.2) is 28.5 Å². The molecule has 0 atom stereocenters. The Kier molecular flexibility index (Phi) is 7.30. The number of halogens is 2. The summed E-state index contributed by atoms with van der Waals surface area (Å²) in [5.41, 5.74) is 1.97. The number of carbonyl (C=O) groups is 1. The molecule has 4 nitrogen and oxygen atoms in total. The highest BCUT2D eigenvalue weighted by Gasteiger charge is 2.20. The summed E-state index contributed by atoms with van der Waals surface area (Å²) in [7, 11) is 0. The first-order valence-electron chi connectivity index (χ1n) is 9.19. The monoisotopic (exact) mass is 417 g/mol. The normalized spacial score (nSPS) is 13.7. The minimum atomic E-state index is -1.36. The van der Waals surface area contributed by atoms with E-state index in [0.29, 0.717) is 13.1 Å². The van der Waals surface area contributed by atoms with E-state index in [0.717, 1.165) is 34.8 Å². The summed E-state index contributed by atoms with van der Waals surface area (Å²) >= 11 is 1.52. The molecule has 0 aromatic heterocycles. The second kappa shape index (κ2) is 10.1. The van der Waals surface area contributed by atoms with Gasteiger partial charge in [0.05, 0.1) is 0 Å². The van der Waals surface area contributed by atoms with E-state index in [9.17, 15) is 13.6 Å². The fourth-order valence-electron chi connectivity index (χ4n) is 2.97. The Balaban J connectivity index is 1.66. The van der Waals surface area contributed by atoms with E-state index in [2.05, 4.69) is 0 Å². The van der Waals surface area contributed by atoms with Crippen LogP contribution in [0.25, 0.3) is 0 Å². The molecule has 7 heteroatoms. The van der Waals surface area contributed by atoms with E-state index in [1.807, 2.05) is 11.0 Å². The molecule has 2 aromatic carbocycles. The number of hydrogen-bond donors (Lipinski definition) is 1. The maximum Gasteiger partial charge on any atom is 0.511 e. The predicted molar refractivity (Wildman–Crippen MR) is 109 cm³/mol. The first-order chi connectivity index (χ1) is 14.0. The molecule has 1 aliphatic heterocycles. The number of benzene rings is 2. The van der Waals surface area contributed by atoms with Crippen LogP contribution in [0.2, 0.25) is 0 Å². The van der Waals surface area contributed by atoms with Crippen molar-refractivity contribution < 1.29 is 23.4 Å². The summed E-state index contributed by atoms with van der Waals surface area (Å²) in [6.45, 7) is 1.11. The standard InChI is InChI=1S/C22H21F2NO3S/c23-18-9-5-16(6-10-18)3-2-14-29-21-20(28-22(26)27)4-1-13-25(21)15-17-7-11-19(24)12-8-17/h1,4-12H,2-3,13-15H2,(H,26,27). The average Bonchev–Trinajstić information content (AvgIpc) is 2.69. The lowest BCUT2D eigenvalue weighted by Gasteiger charge is -2.29. The Morgan fingerprint density at radius 1 is 1.03 bits per heavy atom. The third kappa shape index (κ3) is 6.35. The smallest absolute Gasteiger partial charge is 0.449 e. The molecule has 0 saturated carbocycles. The highest BCUT2D eigenvalue weighted by atomic mass is 32.2. The SMILES string of the molecule is O=C(O)OC1=C(SCCCc2ccc(F)cc2)N(Cc2ccc(F)cc2)CC=C1. The maximum atomic E-state index is 13.2. The van der Waals surface area contributed by atoms with Gasteiger partial charge in [0.15, 0.2) is 5.76 Å². The Bertz CT molecular complexity index is 895. The van der Waals surface area contributed by atoms with Crippen LogP contribution in [0.3, 0.4) is 0 Å². The van der Waals surface area contributed by atoms with Gasteiger partial charge in [-0.05, 0) is 60.1 Å². The first kappa shape index (κ1) is 20.9. The van der Waals surface area contributed by atoms with Crippen LogP contribution in [0.4, 0.5) is 13.6 Å². The highest BCUT2D eigenvalue weighted by Crippen LogP contribution is 2.31. The van der Waals surface area contributed by atoms with Gasteiger partial charge in [-0.25, -0.2) is 13.6 Å². The molecule has 0 amide bonds. The molecule has 152 valence electrons. The van der Waals surface area contributed by atoms with Crippen molar-refractivity contribution in [3.05, 3.63) is 94.2 Å². The lowest BCUT2D eigenvalue weighted by atomic mass is 10.1. The summed E-state index contributed by atoms with van der Waals surface area (Å²) in [5.74, 6) is 0.479. The van der Waals surface area contributed by atoms with Crippen molar-refractivity contribution in [1.29, 1.82) is 0 Å². The van der Waals surface area contributed by atoms with Gasteiger partial charge in [0.2, 0.25) is 0 Å². The number of ether oxygens (including phenoxy) is 1. The number of rotatable bonds is 8. The minimum Gasteiger partial charge on any atom is -0.449 e. The average molecular weight is 417 g/mol. The molecule has 1 N–H and O–H groups in total. The van der Waals surface area contributed by atoms with E-state index in [4.69, 9.17) is 9.84 Å². The van der Waals surface area contributed by atoms with Gasteiger partial charge in [-0.1, -0.05) is 30.3 Å². The summed E-state index contributed by atoms with van der Waals surface area (Å²) in [6.07, 6.45) is 3.78. The molecule has 1 heterocycles. The van der Waals surface area contributed by atoms with E-state index in [-0.39, 0.29) is 17.4 Å². The van der Waals surface area contributed by atoms with E-state index >= 15 is 0 Å². The van der Waals surface area contributed by atoms with Gasteiger partial charge in [-0.3, -0.25) is 0 Å². The van der Waals surface area contributed by atoms with Gasteiger partial charge in [0.1, 0.15) is 16.7 Å². The van der Waals surface area contributed by atoms with Crippen LogP contribution in [0.1, 0.15) is 17.5 Å². The number of allylic oxidation sites excluding steroid dienone is 1. The minimum absolute atomic E-state index is 0.255. The fraction of sp³-hybridized carbons (Fsp3) is 0.227. The second-order valence-corrected chi connectivity index (χ2v) is 7.61. The summed E-state index contributed by atoms with van der Waals surface area (Å²) < 4.78 is 31.1. The van der Waals surface area contributed by atoms with Crippen LogP contribution >= 0.6 is 11.8 Å². The molecular formula is C22H21F2NO3S. The molecule has 2 aromatic rings. The van der Waals surface area contributed by atoms with Gasteiger partial charge in [-0.2, -0.15) is 0 Å². The fourth-order valence-corrected chi connectivity index (χ4v) is 4.03. The van der Waals surface area contributed by atoms with Crippen molar-refractivity contribution in [2.45, 2.75) is 19.4 Å². The zero-order valence-corrected chi connectivity index (χ0v) is 16.5. The van der Waals surface area contributed by atoms with E-state index < -0.39 is 6.16 Å². The van der Waals surface area contributed by atoms with Gasteiger partial charge in [0, 0.05) is 13.1 Å². The molecule has 0 radical (unpaired) electrons. The third-order valence-electron chi connectivity index (χ3n) is 4.34. The zero-order chi connectivity index (χ0) is 20.6. The van der Waals surface area contributed by atoms with E-state index in [1.165, 1.54) is 36.0 Å². The van der Waals surface area contributed by atoms with E-state index in [1.54, 1.807) is 30.3 Å². The van der Waals surface area contributed by atoms with Gasteiger partial charge in [-0.15, -0.1) is 11.8 Å². The molecule has 0 unspecified atom stereocenters. The number of hydrogen-bond acceptors (Lipinski definition) is 4. The molecule has 0 fully saturated rings. The van der Waals surface area contributed by atoms with Crippen LogP contribution < -0.4 is 0 Å². The molecule has 1 aliphatic rings. The Morgan fingerprint density at radius 3 is 2.28 bits per heavy atom. The third-order valence-corrected chi connectivity index (χ3v) is 5.56. The predicted octanol–water partition coefficient (Wildman–Crippen LogP) is 5.57. The number of thioether (sulfide) groups is 1. The quantitative estimate of drug-likeness (QED) is 0.450. The summed E-state index contributed by atoms with van der Waals surface area (Å²) in [4.78, 5) is 13.1. The van der Waals surface area contributed by atoms with Gasteiger partial charge >= 0.3 is 6.16 Å². The summed E-state index contributed by atoms with van der Waals surface area (Å²) in [6, 6.07) is 12.7. The highest BCUT2D eigenvalue weighted by molar-refractivity contribution is 8.03. The molecule has 0 aliphatic carbocycles. The molecule has 0 spiro atoms. The number of aryl methyl sites for hydroxylation is 1. The Morgan fingerprint density at radius 2 is 1.66 bits per heavy atom. The van der Waals surface area contributed by atoms with Crippen LogP contribution in [0, 0.1) is 11.6 Å². The van der Waals surface area contributed by atoms with Gasteiger partial charge < -0.3 is 14.7 Å². The molecule has 29 heavy (non-hydrogen) atoms. The Hall–Kier alpha value is -2.80. The molecule has 3 rings (SSSR count). The Labute approximate surface area is 172 Å². The van der Waals surface area contributed by atoms with Crippen molar-refractivity contribution in [2.75, 3.05) is 12.3 Å². The van der Waals surface area contributed by atoms with Crippen molar-refractivity contribution in [3.8, 4) is 0 Å². The van der Waals surface area contributed by atoms with Crippen molar-refractivity contribution >= 4 is 17.9 Å².